The third-order valence-corrected chi connectivity index (χ3v) is 6.23. The fourth-order valence-corrected chi connectivity index (χ4v) is 4.55. The minimum absolute atomic E-state index is 0.0550. The number of carbonyl (C=O) groups excluding carboxylic acids is 1. The second kappa shape index (κ2) is 5.27. The van der Waals surface area contributed by atoms with Gasteiger partial charge in [-0.3, -0.25) is 4.79 Å². The number of hydrogen-bond donors (Lipinski definition) is 0. The fourth-order valence-electron chi connectivity index (χ4n) is 2.45. The van der Waals surface area contributed by atoms with Gasteiger partial charge in [0.05, 0.1) is 4.90 Å². The maximum Gasteiger partial charge on any atom is 0.267 e. The van der Waals surface area contributed by atoms with E-state index in [1.54, 1.807) is 12.1 Å². The molecule has 1 aromatic carbocycles. The average Bonchev–Trinajstić information content (AvgIpc) is 2.88. The summed E-state index contributed by atoms with van der Waals surface area (Å²) in [5.74, 6) is -0.475. The second-order valence-electron chi connectivity index (χ2n) is 4.97. The zero-order valence-corrected chi connectivity index (χ0v) is 14.2. The average molecular weight is 379 g/mol. The molecule has 0 aliphatic heterocycles. The normalized spacial score (nSPS) is 17.3. The fraction of sp³-hybridized carbons (Fsp3) is 0.214. The molecular weight excluding hydrogens is 369 g/mol. The maximum absolute atomic E-state index is 12.7. The highest BCUT2D eigenvalue weighted by atomic mass is 35.5. The Morgan fingerprint density at radius 3 is 2.59 bits per heavy atom. The van der Waals surface area contributed by atoms with Gasteiger partial charge in [-0.25, -0.2) is 12.4 Å². The van der Waals surface area contributed by atoms with Crippen LogP contribution in [0.15, 0.2) is 41.4 Å². The molecule has 1 aliphatic carbocycles. The predicted octanol–water partition coefficient (Wildman–Crippen LogP) is 3.68. The van der Waals surface area contributed by atoms with Crippen molar-refractivity contribution in [1.82, 2.24) is 3.97 Å². The van der Waals surface area contributed by atoms with E-state index in [-0.39, 0.29) is 16.9 Å². The summed E-state index contributed by atoms with van der Waals surface area (Å²) in [7, 11) is -3.83. The van der Waals surface area contributed by atoms with Crippen LogP contribution in [0.1, 0.15) is 22.5 Å². The molecule has 3 rings (SSSR count). The van der Waals surface area contributed by atoms with E-state index in [4.69, 9.17) is 34.8 Å². The number of fused-ring (bicyclic) bond motifs is 1. The summed E-state index contributed by atoms with van der Waals surface area (Å²) in [6.45, 7) is 0. The van der Waals surface area contributed by atoms with Gasteiger partial charge < -0.3 is 0 Å². The van der Waals surface area contributed by atoms with Crippen LogP contribution in [0.5, 0.6) is 0 Å². The Morgan fingerprint density at radius 2 is 1.91 bits per heavy atom. The molecule has 1 heterocycles. The molecular formula is C14H10Cl3NO3S. The van der Waals surface area contributed by atoms with Gasteiger partial charge in [-0.2, -0.15) is 0 Å². The zero-order chi connectivity index (χ0) is 16.1. The lowest BCUT2D eigenvalue weighted by atomic mass is 9.96. The first kappa shape index (κ1) is 15.9. The van der Waals surface area contributed by atoms with Crippen molar-refractivity contribution in [3.8, 4) is 0 Å². The quantitative estimate of drug-likeness (QED) is 0.749. The number of halogens is 3. The van der Waals surface area contributed by atoms with Crippen LogP contribution in [0.4, 0.5) is 0 Å². The molecule has 0 spiro atoms. The third kappa shape index (κ3) is 2.46. The lowest BCUT2D eigenvalue weighted by Crippen LogP contribution is -2.33. The summed E-state index contributed by atoms with van der Waals surface area (Å²) in [6.07, 6.45) is 1.80. The van der Waals surface area contributed by atoms with E-state index in [0.717, 1.165) is 3.97 Å². The van der Waals surface area contributed by atoms with Crippen molar-refractivity contribution in [1.29, 1.82) is 0 Å². The largest absolute Gasteiger partial charge is 0.291 e. The standard InChI is InChI=1S/C14H10Cl3NO3S/c15-9-2-1-3-10(8-9)22(20,21)18-7-5-11-12(18)4-6-14(16,17)13(11)19/h1-3,5,7-8H,4,6H2. The molecule has 0 fully saturated rings. The highest BCUT2D eigenvalue weighted by Crippen LogP contribution is 2.38. The zero-order valence-electron chi connectivity index (χ0n) is 11.1. The van der Waals surface area contributed by atoms with Gasteiger partial charge in [0, 0.05) is 22.5 Å². The van der Waals surface area contributed by atoms with Gasteiger partial charge in [-0.05, 0) is 37.1 Å². The van der Waals surface area contributed by atoms with Crippen LogP contribution in [-0.2, 0) is 16.4 Å². The lowest BCUT2D eigenvalue weighted by Gasteiger charge is -2.24. The molecule has 1 aliphatic rings. The van der Waals surface area contributed by atoms with Crippen LogP contribution in [0, 0.1) is 0 Å². The topological polar surface area (TPSA) is 56.1 Å². The number of nitrogens with zero attached hydrogens (tertiary/aromatic N) is 1. The Kier molecular flexibility index (Phi) is 3.80. The molecule has 0 bridgehead atoms. The minimum Gasteiger partial charge on any atom is -0.291 e. The van der Waals surface area contributed by atoms with E-state index in [0.29, 0.717) is 17.1 Å². The van der Waals surface area contributed by atoms with Crippen molar-refractivity contribution in [2.45, 2.75) is 22.1 Å². The highest BCUT2D eigenvalue weighted by molar-refractivity contribution is 7.90. The van der Waals surface area contributed by atoms with Crippen LogP contribution in [0.3, 0.4) is 0 Å². The van der Waals surface area contributed by atoms with Crippen LogP contribution < -0.4 is 0 Å². The monoisotopic (exact) mass is 377 g/mol. The minimum atomic E-state index is -3.83. The van der Waals surface area contributed by atoms with Gasteiger partial charge in [0.1, 0.15) is 0 Å². The molecule has 0 saturated heterocycles. The Hall–Kier alpha value is -1.01. The van der Waals surface area contributed by atoms with E-state index in [1.165, 1.54) is 24.4 Å². The molecule has 0 N–H and O–H groups in total. The Balaban J connectivity index is 2.14. The van der Waals surface area contributed by atoms with Crippen LogP contribution in [0.25, 0.3) is 0 Å². The summed E-state index contributed by atoms with van der Waals surface area (Å²) in [6, 6.07) is 7.38. The molecule has 8 heteroatoms. The van der Waals surface area contributed by atoms with Gasteiger partial charge in [0.2, 0.25) is 5.78 Å². The van der Waals surface area contributed by atoms with Gasteiger partial charge >= 0.3 is 0 Å². The lowest BCUT2D eigenvalue weighted by molar-refractivity contribution is 0.0960. The van der Waals surface area contributed by atoms with Crippen LogP contribution in [0.2, 0.25) is 5.02 Å². The molecule has 22 heavy (non-hydrogen) atoms. The number of ketones is 1. The summed E-state index contributed by atoms with van der Waals surface area (Å²) >= 11 is 17.8. The van der Waals surface area contributed by atoms with E-state index < -0.39 is 20.1 Å². The number of benzene rings is 1. The number of rotatable bonds is 2. The number of aromatic nitrogens is 1. The number of alkyl halides is 2. The van der Waals surface area contributed by atoms with Gasteiger partial charge in [0.25, 0.3) is 10.0 Å². The smallest absolute Gasteiger partial charge is 0.267 e. The van der Waals surface area contributed by atoms with E-state index in [2.05, 4.69) is 0 Å². The summed E-state index contributed by atoms with van der Waals surface area (Å²) in [5.41, 5.74) is 0.628. The van der Waals surface area contributed by atoms with Crippen molar-refractivity contribution in [3.63, 3.8) is 0 Å². The first-order valence-electron chi connectivity index (χ1n) is 6.37. The van der Waals surface area contributed by atoms with Crippen LogP contribution >= 0.6 is 34.8 Å². The third-order valence-electron chi connectivity index (χ3n) is 3.56. The summed E-state index contributed by atoms with van der Waals surface area (Å²) in [5, 5.41) is 0.318. The van der Waals surface area contributed by atoms with Gasteiger partial charge in [-0.15, -0.1) is 0 Å². The molecule has 0 unspecified atom stereocenters. The molecule has 2 aromatic rings. The molecule has 116 valence electrons. The molecule has 0 radical (unpaired) electrons. The predicted molar refractivity (Wildman–Crippen MR) is 85.6 cm³/mol. The molecule has 0 amide bonds. The second-order valence-corrected chi connectivity index (χ2v) is 8.70. The van der Waals surface area contributed by atoms with E-state index in [9.17, 15) is 13.2 Å². The number of hydrogen-bond acceptors (Lipinski definition) is 3. The van der Waals surface area contributed by atoms with Gasteiger partial charge in [-0.1, -0.05) is 40.9 Å². The first-order valence-corrected chi connectivity index (χ1v) is 8.95. The van der Waals surface area contributed by atoms with Crippen molar-refractivity contribution in [2.75, 3.05) is 0 Å². The van der Waals surface area contributed by atoms with Crippen molar-refractivity contribution >= 4 is 50.6 Å². The van der Waals surface area contributed by atoms with Gasteiger partial charge in [0.15, 0.2) is 4.33 Å². The van der Waals surface area contributed by atoms with Crippen molar-refractivity contribution in [3.05, 3.63) is 52.8 Å². The maximum atomic E-state index is 12.7. The Bertz CT molecular complexity index is 871. The van der Waals surface area contributed by atoms with E-state index in [1.807, 2.05) is 0 Å². The van der Waals surface area contributed by atoms with Crippen molar-refractivity contribution in [2.24, 2.45) is 0 Å². The van der Waals surface area contributed by atoms with E-state index >= 15 is 0 Å². The number of Topliss-reactive ketones (excluding diaryl/α,β-unsaturated/α-hetero) is 1. The van der Waals surface area contributed by atoms with Crippen LogP contribution in [-0.4, -0.2) is 22.5 Å². The molecule has 0 atom stereocenters. The van der Waals surface area contributed by atoms with Crippen molar-refractivity contribution < 1.29 is 13.2 Å². The molecule has 4 nitrogen and oxygen atoms in total. The molecule has 1 aromatic heterocycles. The first-order chi connectivity index (χ1) is 10.2. The summed E-state index contributed by atoms with van der Waals surface area (Å²) in [4.78, 5) is 12.2. The SMILES string of the molecule is O=C1c2ccn(S(=O)(=O)c3cccc(Cl)c3)c2CCC1(Cl)Cl. The Morgan fingerprint density at radius 1 is 1.18 bits per heavy atom. The number of carbonyl (C=O) groups is 1. The highest BCUT2D eigenvalue weighted by Gasteiger charge is 2.41. The Labute approximate surface area is 142 Å². The molecule has 0 saturated carbocycles. The summed E-state index contributed by atoms with van der Waals surface area (Å²) < 4.78 is 25.0.